The number of nitrogens with zero attached hydrogens (tertiary/aromatic N) is 5. The van der Waals surface area contributed by atoms with Gasteiger partial charge in [0.2, 0.25) is 23.8 Å². The Kier molecular flexibility index (Phi) is 14.4. The molecule has 3 rings (SSSR count). The number of benzene rings is 2. The maximum atomic E-state index is 10.6. The van der Waals surface area contributed by atoms with Gasteiger partial charge in [0, 0.05) is 34.5 Å². The van der Waals surface area contributed by atoms with Crippen LogP contribution in [0.3, 0.4) is 0 Å². The van der Waals surface area contributed by atoms with Gasteiger partial charge in [-0.15, -0.1) is 0 Å². The van der Waals surface area contributed by atoms with E-state index in [0.29, 0.717) is 28.8 Å². The second-order valence-electron chi connectivity index (χ2n) is 9.86. The smallest absolute Gasteiger partial charge is 0.232 e. The minimum atomic E-state index is -1.88. The normalized spacial score (nSPS) is 14.8. The zero-order chi connectivity index (χ0) is 32.8. The summed E-state index contributed by atoms with van der Waals surface area (Å²) in [5.41, 5.74) is 13.0. The number of aliphatic imine (C=N–C) groups is 2. The van der Waals surface area contributed by atoms with Gasteiger partial charge in [-0.05, 0) is 61.4 Å². The van der Waals surface area contributed by atoms with Crippen molar-refractivity contribution in [2.75, 3.05) is 35.6 Å². The Morgan fingerprint density at radius 3 is 2.02 bits per heavy atom. The third-order valence-corrected chi connectivity index (χ3v) is 6.77. The lowest BCUT2D eigenvalue weighted by atomic mass is 10.0. The van der Waals surface area contributed by atoms with Gasteiger partial charge in [-0.1, -0.05) is 36.0 Å². The summed E-state index contributed by atoms with van der Waals surface area (Å²) in [6.07, 6.45) is -3.96. The first-order valence-electron chi connectivity index (χ1n) is 14.1. The Labute approximate surface area is 270 Å². The topological polar surface area (TPSA) is 253 Å². The van der Waals surface area contributed by atoms with Crippen LogP contribution in [0.2, 0.25) is 10.0 Å². The maximum absolute atomic E-state index is 10.6. The molecule has 0 saturated carbocycles. The van der Waals surface area contributed by atoms with Crippen LogP contribution in [0.4, 0.5) is 23.3 Å². The predicted molar refractivity (Wildman–Crippen MR) is 175 cm³/mol. The highest BCUT2D eigenvalue weighted by Crippen LogP contribution is 2.22. The number of nitrogens with one attached hydrogen (secondary N) is 3. The van der Waals surface area contributed by atoms with E-state index in [4.69, 9.17) is 39.8 Å². The number of anilines is 4. The van der Waals surface area contributed by atoms with Gasteiger partial charge in [0.1, 0.15) is 24.4 Å². The molecule has 17 heteroatoms. The molecule has 0 bridgehead atoms. The van der Waals surface area contributed by atoms with Crippen molar-refractivity contribution < 1.29 is 25.5 Å². The highest BCUT2D eigenvalue weighted by molar-refractivity contribution is 6.30. The van der Waals surface area contributed by atoms with Gasteiger partial charge in [-0.3, -0.25) is 4.99 Å². The van der Waals surface area contributed by atoms with Crippen molar-refractivity contribution in [3.63, 3.8) is 0 Å². The van der Waals surface area contributed by atoms with E-state index in [-0.39, 0.29) is 29.6 Å². The predicted octanol–water partition coefficient (Wildman–Crippen LogP) is 1.74. The minimum absolute atomic E-state index is 0.0513. The summed E-state index contributed by atoms with van der Waals surface area (Å²) in [4.78, 5) is 20.9. The SMILES string of the molecule is NC(=NCCCCCCNc1nc(Nc2ccc(Cl)cc2)nc([C@H](O)[C@@H](O)[C@H](O)[C@H](O)CO)n1)/N=C(\N)Nc1ccc(Cl)cc1. The van der Waals surface area contributed by atoms with Crippen molar-refractivity contribution in [2.45, 2.75) is 50.1 Å². The summed E-state index contributed by atoms with van der Waals surface area (Å²) in [7, 11) is 0. The van der Waals surface area contributed by atoms with E-state index >= 15 is 0 Å². The van der Waals surface area contributed by atoms with Crippen LogP contribution >= 0.6 is 23.2 Å². The molecule has 0 aliphatic rings. The molecule has 0 saturated heterocycles. The average molecular weight is 666 g/mol. The second-order valence-corrected chi connectivity index (χ2v) is 10.7. The first-order valence-corrected chi connectivity index (χ1v) is 14.8. The number of unbranched alkanes of at least 4 members (excludes halogenated alkanes) is 3. The molecule has 2 aromatic carbocycles. The van der Waals surface area contributed by atoms with Gasteiger partial charge < -0.3 is 53.0 Å². The lowest BCUT2D eigenvalue weighted by Gasteiger charge is -2.25. The lowest BCUT2D eigenvalue weighted by Crippen LogP contribution is -2.43. The number of rotatable bonds is 16. The molecule has 45 heavy (non-hydrogen) atoms. The summed E-state index contributed by atoms with van der Waals surface area (Å²) >= 11 is 11.8. The van der Waals surface area contributed by atoms with Gasteiger partial charge in [0.05, 0.1) is 6.61 Å². The fourth-order valence-corrected chi connectivity index (χ4v) is 4.10. The number of hydrogen-bond acceptors (Lipinski definition) is 11. The molecule has 0 spiro atoms. The summed E-state index contributed by atoms with van der Waals surface area (Å²) in [6.45, 7) is 0.144. The van der Waals surface area contributed by atoms with Gasteiger partial charge in [-0.2, -0.15) is 19.9 Å². The number of nitrogens with two attached hydrogens (primary N) is 2. The Morgan fingerprint density at radius 2 is 1.38 bits per heavy atom. The zero-order valence-electron chi connectivity index (χ0n) is 24.3. The molecule has 1 heterocycles. The molecule has 0 fully saturated rings. The maximum Gasteiger partial charge on any atom is 0.232 e. The van der Waals surface area contributed by atoms with Gasteiger partial charge in [0.15, 0.2) is 5.82 Å². The van der Waals surface area contributed by atoms with Crippen LogP contribution in [0, 0.1) is 0 Å². The standard InChI is InChI=1S/C28H38Cl2N10O5/c29-16-5-9-18(10-6-16)35-26(32)39-25(31)33-13-3-1-2-4-14-34-27-37-24(23(45)22(44)21(43)20(42)15-41)38-28(40-27)36-19-11-7-17(30)8-12-19/h5-12,20-23,41-45H,1-4,13-15H2,(H5,31,32,33,35,39)(H2,34,36,37,38,40)/t20-,21-,22+,23-/m1/s1. The molecular formula is C28H38Cl2N10O5. The number of guanidine groups is 2. The fraction of sp³-hybridized carbons (Fsp3) is 0.393. The van der Waals surface area contributed by atoms with Crippen molar-refractivity contribution >= 4 is 58.4 Å². The summed E-state index contributed by atoms with van der Waals surface area (Å²) in [6, 6.07) is 13.7. The molecule has 0 aliphatic carbocycles. The molecule has 0 amide bonds. The number of halogens is 2. The summed E-state index contributed by atoms with van der Waals surface area (Å²) in [5.74, 6) is 0.0756. The molecule has 3 aromatic rings. The minimum Gasteiger partial charge on any atom is -0.394 e. The van der Waals surface area contributed by atoms with Gasteiger partial charge in [-0.25, -0.2) is 0 Å². The third-order valence-electron chi connectivity index (χ3n) is 6.27. The van der Waals surface area contributed by atoms with Crippen LogP contribution in [-0.4, -0.2) is 90.4 Å². The van der Waals surface area contributed by atoms with Crippen molar-refractivity contribution in [2.24, 2.45) is 21.5 Å². The molecule has 15 nitrogen and oxygen atoms in total. The summed E-state index contributed by atoms with van der Waals surface area (Å²) < 4.78 is 0. The van der Waals surface area contributed by atoms with E-state index in [1.165, 1.54) is 0 Å². The largest absolute Gasteiger partial charge is 0.394 e. The Morgan fingerprint density at radius 1 is 0.778 bits per heavy atom. The highest BCUT2D eigenvalue weighted by atomic mass is 35.5. The van der Waals surface area contributed by atoms with Crippen LogP contribution in [0.1, 0.15) is 37.6 Å². The van der Waals surface area contributed by atoms with Crippen LogP contribution in [0.15, 0.2) is 58.5 Å². The van der Waals surface area contributed by atoms with E-state index in [1.54, 1.807) is 48.5 Å². The average Bonchev–Trinajstić information content (AvgIpc) is 3.02. The third kappa shape index (κ3) is 12.2. The number of aliphatic hydroxyl groups excluding tert-OH is 5. The van der Waals surface area contributed by atoms with E-state index in [9.17, 15) is 20.4 Å². The lowest BCUT2D eigenvalue weighted by molar-refractivity contribution is -0.118. The Balaban J connectivity index is 1.51. The van der Waals surface area contributed by atoms with Crippen LogP contribution in [0.5, 0.6) is 0 Å². The van der Waals surface area contributed by atoms with E-state index < -0.39 is 31.0 Å². The molecule has 0 aliphatic heterocycles. The molecule has 244 valence electrons. The Hall–Kier alpha value is -3.83. The number of aliphatic hydroxyl groups is 5. The van der Waals surface area contributed by atoms with Crippen molar-refractivity contribution in [3.8, 4) is 0 Å². The van der Waals surface area contributed by atoms with E-state index in [1.807, 2.05) is 0 Å². The van der Waals surface area contributed by atoms with Crippen molar-refractivity contribution in [1.29, 1.82) is 0 Å². The second kappa shape index (κ2) is 18.2. The van der Waals surface area contributed by atoms with Crippen molar-refractivity contribution in [3.05, 3.63) is 64.4 Å². The molecular weight excluding hydrogens is 627 g/mol. The Bertz CT molecular complexity index is 1400. The quantitative estimate of drug-likeness (QED) is 0.0595. The van der Waals surface area contributed by atoms with Crippen LogP contribution in [0.25, 0.3) is 0 Å². The van der Waals surface area contributed by atoms with Crippen LogP contribution in [-0.2, 0) is 0 Å². The molecule has 0 unspecified atom stereocenters. The van der Waals surface area contributed by atoms with Crippen LogP contribution < -0.4 is 27.4 Å². The highest BCUT2D eigenvalue weighted by Gasteiger charge is 2.33. The molecule has 4 atom stereocenters. The molecule has 0 radical (unpaired) electrons. The van der Waals surface area contributed by atoms with Gasteiger partial charge in [0.25, 0.3) is 0 Å². The fourth-order valence-electron chi connectivity index (χ4n) is 3.85. The summed E-state index contributed by atoms with van der Waals surface area (Å²) in [5, 5.41) is 59.9. The molecule has 12 N–H and O–H groups in total. The van der Waals surface area contributed by atoms with E-state index in [2.05, 4.69) is 40.9 Å². The first kappa shape index (κ1) is 35.6. The zero-order valence-corrected chi connectivity index (χ0v) is 25.8. The van der Waals surface area contributed by atoms with Crippen molar-refractivity contribution in [1.82, 2.24) is 15.0 Å². The van der Waals surface area contributed by atoms with E-state index in [0.717, 1.165) is 31.4 Å². The number of aromatic nitrogens is 3. The monoisotopic (exact) mass is 664 g/mol. The number of hydrogen-bond donors (Lipinski definition) is 10. The van der Waals surface area contributed by atoms with Gasteiger partial charge >= 0.3 is 0 Å². The molecule has 1 aromatic heterocycles. The first-order chi connectivity index (χ1) is 21.5.